The van der Waals surface area contributed by atoms with Gasteiger partial charge in [-0.2, -0.15) is 0 Å². The SMILES string of the molecule is C(=C\[C@@H]1C[C@H]1c1ccc(-n2c3ccccc3c3ccccc32)cc1)/c1ccccc1. The number of para-hydroxylation sites is 2. The lowest BCUT2D eigenvalue weighted by molar-refractivity contribution is 1.01. The van der Waals surface area contributed by atoms with Gasteiger partial charge in [-0.05, 0) is 53.6 Å². The van der Waals surface area contributed by atoms with Crippen molar-refractivity contribution in [2.45, 2.75) is 12.3 Å². The Kier molecular flexibility index (Phi) is 4.06. The first kappa shape index (κ1) is 17.3. The van der Waals surface area contributed by atoms with Crippen molar-refractivity contribution in [1.82, 2.24) is 4.57 Å². The van der Waals surface area contributed by atoms with E-state index in [1.807, 2.05) is 0 Å². The van der Waals surface area contributed by atoms with E-state index in [0.717, 1.165) is 0 Å². The first-order valence-electron chi connectivity index (χ1n) is 10.7. The number of aromatic nitrogens is 1. The molecule has 1 fully saturated rings. The average molecular weight is 386 g/mol. The van der Waals surface area contributed by atoms with Crippen molar-refractivity contribution in [3.05, 3.63) is 120 Å². The molecule has 0 radical (unpaired) electrons. The van der Waals surface area contributed by atoms with Crippen LogP contribution >= 0.6 is 0 Å². The maximum atomic E-state index is 2.38. The first-order chi connectivity index (χ1) is 14.9. The molecular weight excluding hydrogens is 362 g/mol. The van der Waals surface area contributed by atoms with Crippen molar-refractivity contribution in [1.29, 1.82) is 0 Å². The number of rotatable bonds is 4. The van der Waals surface area contributed by atoms with Crippen LogP contribution in [-0.4, -0.2) is 4.57 Å². The quantitative estimate of drug-likeness (QED) is 0.300. The molecule has 2 atom stereocenters. The lowest BCUT2D eigenvalue weighted by atomic mass is 10.1. The Labute approximate surface area is 176 Å². The summed E-state index contributed by atoms with van der Waals surface area (Å²) >= 11 is 0. The number of hydrogen-bond donors (Lipinski definition) is 0. The fourth-order valence-electron chi connectivity index (χ4n) is 4.68. The summed E-state index contributed by atoms with van der Waals surface area (Å²) in [5.74, 6) is 1.31. The maximum absolute atomic E-state index is 2.38. The molecule has 0 unspecified atom stereocenters. The third-order valence-electron chi connectivity index (χ3n) is 6.33. The second kappa shape index (κ2) is 7.03. The zero-order valence-electron chi connectivity index (χ0n) is 16.8. The average Bonchev–Trinajstić information content (AvgIpc) is 3.52. The van der Waals surface area contributed by atoms with Crippen molar-refractivity contribution in [2.75, 3.05) is 0 Å². The van der Waals surface area contributed by atoms with Crippen LogP contribution in [0.25, 0.3) is 33.6 Å². The molecule has 1 heteroatoms. The summed E-state index contributed by atoms with van der Waals surface area (Å²) in [5, 5.41) is 2.62. The fraction of sp³-hybridized carbons (Fsp3) is 0.103. The third-order valence-corrected chi connectivity index (χ3v) is 6.33. The van der Waals surface area contributed by atoms with Gasteiger partial charge >= 0.3 is 0 Å². The summed E-state index contributed by atoms with van der Waals surface area (Å²) in [7, 11) is 0. The van der Waals surface area contributed by atoms with Crippen LogP contribution in [0, 0.1) is 5.92 Å². The second-order valence-electron chi connectivity index (χ2n) is 8.24. The van der Waals surface area contributed by atoms with Gasteiger partial charge < -0.3 is 4.57 Å². The Bertz CT molecular complexity index is 1300. The van der Waals surface area contributed by atoms with Gasteiger partial charge in [-0.3, -0.25) is 0 Å². The van der Waals surface area contributed by atoms with E-state index in [-0.39, 0.29) is 0 Å². The molecule has 1 aromatic heterocycles. The number of hydrogen-bond acceptors (Lipinski definition) is 0. The maximum Gasteiger partial charge on any atom is 0.0541 e. The molecule has 5 aromatic rings. The molecule has 30 heavy (non-hydrogen) atoms. The van der Waals surface area contributed by atoms with E-state index < -0.39 is 0 Å². The lowest BCUT2D eigenvalue weighted by Gasteiger charge is -2.09. The lowest BCUT2D eigenvalue weighted by Crippen LogP contribution is -1.94. The Balaban J connectivity index is 1.30. The molecule has 1 aliphatic carbocycles. The zero-order chi connectivity index (χ0) is 19.9. The standard InChI is InChI=1S/C29H23N/c1-2-8-21(9-3-1)14-15-23-20-27(23)22-16-18-24(19-17-22)30-28-12-6-4-10-25(28)26-11-5-7-13-29(26)30/h1-19,23,27H,20H2/b15-14+/t23-,27+/m1/s1. The van der Waals surface area contributed by atoms with Crippen molar-refractivity contribution >= 4 is 27.9 Å². The molecule has 0 spiro atoms. The van der Waals surface area contributed by atoms with Crippen molar-refractivity contribution < 1.29 is 0 Å². The predicted octanol–water partition coefficient (Wildman–Crippen LogP) is 7.60. The van der Waals surface area contributed by atoms with E-state index in [2.05, 4.69) is 120 Å². The van der Waals surface area contributed by atoms with Crippen LogP contribution in [0.3, 0.4) is 0 Å². The summed E-state index contributed by atoms with van der Waals surface area (Å²) in [4.78, 5) is 0. The molecule has 1 heterocycles. The highest BCUT2D eigenvalue weighted by Crippen LogP contribution is 2.48. The number of fused-ring (bicyclic) bond motifs is 3. The van der Waals surface area contributed by atoms with E-state index >= 15 is 0 Å². The van der Waals surface area contributed by atoms with Crippen LogP contribution in [0.1, 0.15) is 23.5 Å². The summed E-state index contributed by atoms with van der Waals surface area (Å²) in [6.07, 6.45) is 5.88. The van der Waals surface area contributed by atoms with Gasteiger partial charge in [0.1, 0.15) is 0 Å². The Morgan fingerprint density at radius 2 is 1.23 bits per heavy atom. The van der Waals surface area contributed by atoms with Gasteiger partial charge in [0.05, 0.1) is 11.0 Å². The van der Waals surface area contributed by atoms with E-state index in [9.17, 15) is 0 Å². The summed E-state index contributed by atoms with van der Waals surface area (Å²) in [6, 6.07) is 37.1. The minimum atomic E-state index is 0.650. The van der Waals surface area contributed by atoms with E-state index in [1.54, 1.807) is 0 Å². The molecule has 0 amide bonds. The third kappa shape index (κ3) is 2.95. The molecule has 6 rings (SSSR count). The van der Waals surface area contributed by atoms with Crippen molar-refractivity contribution in [2.24, 2.45) is 5.92 Å². The molecule has 144 valence electrons. The molecule has 1 aliphatic rings. The topological polar surface area (TPSA) is 4.93 Å². The van der Waals surface area contributed by atoms with Crippen molar-refractivity contribution in [3.8, 4) is 5.69 Å². The monoisotopic (exact) mass is 385 g/mol. The van der Waals surface area contributed by atoms with Gasteiger partial charge in [0, 0.05) is 16.5 Å². The highest BCUT2D eigenvalue weighted by atomic mass is 15.0. The van der Waals surface area contributed by atoms with Crippen LogP contribution in [-0.2, 0) is 0 Å². The Morgan fingerprint density at radius 1 is 0.633 bits per heavy atom. The molecule has 1 nitrogen and oxygen atoms in total. The Morgan fingerprint density at radius 3 is 1.90 bits per heavy atom. The molecule has 0 bridgehead atoms. The normalized spacial score (nSPS) is 18.4. The highest BCUT2D eigenvalue weighted by Gasteiger charge is 2.35. The van der Waals surface area contributed by atoms with Gasteiger partial charge in [-0.1, -0.05) is 91.0 Å². The second-order valence-corrected chi connectivity index (χ2v) is 8.24. The minimum Gasteiger partial charge on any atom is -0.309 e. The fourth-order valence-corrected chi connectivity index (χ4v) is 4.68. The zero-order valence-corrected chi connectivity index (χ0v) is 16.8. The van der Waals surface area contributed by atoms with Crippen molar-refractivity contribution in [3.63, 3.8) is 0 Å². The van der Waals surface area contributed by atoms with Crippen LogP contribution in [0.5, 0.6) is 0 Å². The van der Waals surface area contributed by atoms with Crippen LogP contribution in [0.4, 0.5) is 0 Å². The van der Waals surface area contributed by atoms with E-state index in [0.29, 0.717) is 11.8 Å². The Hall–Kier alpha value is -3.58. The molecular formula is C29H23N. The molecule has 0 saturated heterocycles. The predicted molar refractivity (Wildman–Crippen MR) is 127 cm³/mol. The van der Waals surface area contributed by atoms with Crippen LogP contribution in [0.15, 0.2) is 109 Å². The first-order valence-corrected chi connectivity index (χ1v) is 10.7. The largest absolute Gasteiger partial charge is 0.309 e. The van der Waals surface area contributed by atoms with Gasteiger partial charge in [-0.25, -0.2) is 0 Å². The smallest absolute Gasteiger partial charge is 0.0541 e. The van der Waals surface area contributed by atoms with E-state index in [4.69, 9.17) is 0 Å². The summed E-state index contributed by atoms with van der Waals surface area (Å²) < 4.78 is 2.38. The number of benzene rings is 4. The minimum absolute atomic E-state index is 0.650. The molecule has 4 aromatic carbocycles. The summed E-state index contributed by atoms with van der Waals surface area (Å²) in [5.41, 5.74) is 6.49. The van der Waals surface area contributed by atoms with Gasteiger partial charge in [-0.15, -0.1) is 0 Å². The van der Waals surface area contributed by atoms with Crippen LogP contribution < -0.4 is 0 Å². The molecule has 1 saturated carbocycles. The van der Waals surface area contributed by atoms with Gasteiger partial charge in [0.15, 0.2) is 0 Å². The number of nitrogens with zero attached hydrogens (tertiary/aromatic N) is 1. The molecule has 0 aliphatic heterocycles. The summed E-state index contributed by atoms with van der Waals surface area (Å²) in [6.45, 7) is 0. The molecule has 0 N–H and O–H groups in total. The van der Waals surface area contributed by atoms with Crippen LogP contribution in [0.2, 0.25) is 0 Å². The van der Waals surface area contributed by atoms with E-state index in [1.165, 1.54) is 45.0 Å². The number of allylic oxidation sites excluding steroid dienone is 1. The van der Waals surface area contributed by atoms with Gasteiger partial charge in [0.2, 0.25) is 0 Å². The van der Waals surface area contributed by atoms with Gasteiger partial charge in [0.25, 0.3) is 0 Å². The highest BCUT2D eigenvalue weighted by molar-refractivity contribution is 6.09.